The lowest BCUT2D eigenvalue weighted by molar-refractivity contribution is -0.150. The molecule has 3 aromatic carbocycles. The van der Waals surface area contributed by atoms with Crippen LogP contribution >= 0.6 is 39.1 Å². The highest BCUT2D eigenvalue weighted by Gasteiger charge is 2.33. The van der Waals surface area contributed by atoms with Crippen LogP contribution in [0.25, 0.3) is 0 Å². The van der Waals surface area contributed by atoms with E-state index >= 15 is 0 Å². The summed E-state index contributed by atoms with van der Waals surface area (Å²) in [5.41, 5.74) is 2.08. The summed E-state index contributed by atoms with van der Waals surface area (Å²) in [5, 5.41) is 0.864. The maximum Gasteiger partial charge on any atom is 0.312 e. The van der Waals surface area contributed by atoms with Crippen molar-refractivity contribution in [3.05, 3.63) is 92.4 Å². The van der Waals surface area contributed by atoms with E-state index in [-0.39, 0.29) is 12.6 Å². The molecule has 37 heavy (non-hydrogen) atoms. The summed E-state index contributed by atoms with van der Waals surface area (Å²) < 4.78 is 6.62. The summed E-state index contributed by atoms with van der Waals surface area (Å²) in [4.78, 5) is 31.3. The molecule has 1 saturated heterocycles. The molecule has 0 radical (unpaired) electrons. The third kappa shape index (κ3) is 7.05. The molecule has 1 heterocycles. The minimum Gasteiger partial charge on any atom is -0.457 e. The zero-order valence-corrected chi connectivity index (χ0v) is 23.8. The molecule has 1 unspecified atom stereocenters. The zero-order chi connectivity index (χ0) is 26.5. The number of hydrogen-bond donors (Lipinski definition) is 0. The molecule has 1 fully saturated rings. The van der Waals surface area contributed by atoms with Crippen molar-refractivity contribution in [3.8, 4) is 11.5 Å². The normalized spacial score (nSPS) is 15.2. The van der Waals surface area contributed by atoms with Gasteiger partial charge in [0, 0.05) is 49.8 Å². The fourth-order valence-electron chi connectivity index (χ4n) is 4.31. The first kappa shape index (κ1) is 27.5. The molecular formula is C28H28BrCl2N3O3. The van der Waals surface area contributed by atoms with Gasteiger partial charge in [-0.15, -0.1) is 0 Å². The van der Waals surface area contributed by atoms with E-state index < -0.39 is 11.8 Å². The Labute approximate surface area is 235 Å². The quantitative estimate of drug-likeness (QED) is 0.300. The first-order chi connectivity index (χ1) is 17.7. The number of rotatable bonds is 7. The standard InChI is InChI=1S/C28H28BrCl2N3O3/c1-32(16-19-6-4-3-5-7-19)21-12-13-34(18-21)28(36)27(35)33(2)17-20-8-9-22(14-24(20)29)37-23-10-11-25(30)26(31)15-23/h3-11,14-15,21H,12-13,16-18H2,1-2H3. The van der Waals surface area contributed by atoms with E-state index in [9.17, 15) is 9.59 Å². The highest BCUT2D eigenvalue weighted by Crippen LogP contribution is 2.31. The van der Waals surface area contributed by atoms with E-state index in [1.54, 1.807) is 36.2 Å². The molecule has 4 rings (SSSR count). The average molecular weight is 605 g/mol. The summed E-state index contributed by atoms with van der Waals surface area (Å²) in [6, 6.07) is 21.0. The van der Waals surface area contributed by atoms with Crippen molar-refractivity contribution in [2.45, 2.75) is 25.6 Å². The molecular weight excluding hydrogens is 577 g/mol. The van der Waals surface area contributed by atoms with Crippen LogP contribution in [0.4, 0.5) is 0 Å². The fourth-order valence-corrected chi connectivity index (χ4v) is 5.08. The summed E-state index contributed by atoms with van der Waals surface area (Å²) in [6.07, 6.45) is 0.845. The van der Waals surface area contributed by atoms with Gasteiger partial charge in [0.15, 0.2) is 0 Å². The van der Waals surface area contributed by atoms with Crippen molar-refractivity contribution >= 4 is 50.9 Å². The monoisotopic (exact) mass is 603 g/mol. The molecule has 1 atom stereocenters. The van der Waals surface area contributed by atoms with Crippen LogP contribution in [0, 0.1) is 0 Å². The summed E-state index contributed by atoms with van der Waals surface area (Å²) in [6.45, 7) is 2.21. The molecule has 1 aliphatic rings. The van der Waals surface area contributed by atoms with Gasteiger partial charge in [-0.05, 0) is 48.9 Å². The Balaban J connectivity index is 1.31. The van der Waals surface area contributed by atoms with Gasteiger partial charge in [-0.3, -0.25) is 14.5 Å². The highest BCUT2D eigenvalue weighted by atomic mass is 79.9. The van der Waals surface area contributed by atoms with Crippen LogP contribution in [-0.4, -0.2) is 59.7 Å². The summed E-state index contributed by atoms with van der Waals surface area (Å²) >= 11 is 15.6. The maximum absolute atomic E-state index is 13.0. The van der Waals surface area contributed by atoms with Crippen molar-refractivity contribution in [1.82, 2.24) is 14.7 Å². The van der Waals surface area contributed by atoms with E-state index in [4.69, 9.17) is 27.9 Å². The predicted octanol–water partition coefficient (Wildman–Crippen LogP) is 6.24. The summed E-state index contributed by atoms with van der Waals surface area (Å²) in [7, 11) is 3.70. The topological polar surface area (TPSA) is 53.1 Å². The number of benzene rings is 3. The van der Waals surface area contributed by atoms with Gasteiger partial charge < -0.3 is 14.5 Å². The van der Waals surface area contributed by atoms with Crippen molar-refractivity contribution < 1.29 is 14.3 Å². The van der Waals surface area contributed by atoms with E-state index in [0.29, 0.717) is 34.6 Å². The van der Waals surface area contributed by atoms with Gasteiger partial charge in [-0.1, -0.05) is 75.5 Å². The molecule has 0 saturated carbocycles. The van der Waals surface area contributed by atoms with Gasteiger partial charge in [0.05, 0.1) is 10.0 Å². The second kappa shape index (κ2) is 12.3. The van der Waals surface area contributed by atoms with Gasteiger partial charge >= 0.3 is 11.8 Å². The molecule has 2 amide bonds. The molecule has 194 valence electrons. The van der Waals surface area contributed by atoms with Crippen molar-refractivity contribution in [2.75, 3.05) is 27.2 Å². The predicted molar refractivity (Wildman–Crippen MR) is 150 cm³/mol. The zero-order valence-electron chi connectivity index (χ0n) is 20.7. The van der Waals surface area contributed by atoms with Crippen LogP contribution in [0.2, 0.25) is 10.0 Å². The molecule has 1 aliphatic heterocycles. The number of likely N-dealkylation sites (N-methyl/N-ethyl adjacent to an activating group) is 2. The van der Waals surface area contributed by atoms with E-state index in [1.165, 1.54) is 10.5 Å². The molecule has 0 aromatic heterocycles. The van der Waals surface area contributed by atoms with Crippen LogP contribution < -0.4 is 4.74 Å². The number of amides is 2. The highest BCUT2D eigenvalue weighted by molar-refractivity contribution is 9.10. The lowest BCUT2D eigenvalue weighted by atomic mass is 10.1. The Morgan fingerprint density at radius 3 is 2.38 bits per heavy atom. The summed E-state index contributed by atoms with van der Waals surface area (Å²) in [5.74, 6) is 0.176. The van der Waals surface area contributed by atoms with Crippen molar-refractivity contribution in [3.63, 3.8) is 0 Å². The van der Waals surface area contributed by atoms with Crippen molar-refractivity contribution in [1.29, 1.82) is 0 Å². The fraction of sp³-hybridized carbons (Fsp3) is 0.286. The van der Waals surface area contributed by atoms with E-state index in [2.05, 4.69) is 40.0 Å². The number of carbonyl (C=O) groups is 2. The van der Waals surface area contributed by atoms with E-state index in [1.807, 2.05) is 30.3 Å². The first-order valence-corrected chi connectivity index (χ1v) is 13.5. The van der Waals surface area contributed by atoms with Gasteiger partial charge in [0.25, 0.3) is 0 Å². The minimum absolute atomic E-state index is 0.222. The van der Waals surface area contributed by atoms with Gasteiger partial charge in [-0.2, -0.15) is 0 Å². The largest absolute Gasteiger partial charge is 0.457 e. The third-order valence-electron chi connectivity index (χ3n) is 6.44. The SMILES string of the molecule is CN(Cc1ccc(Oc2ccc(Cl)c(Cl)c2)cc1Br)C(=O)C(=O)N1CCC(N(C)Cc2ccccc2)C1. The Bertz CT molecular complexity index is 1270. The lowest BCUT2D eigenvalue weighted by Gasteiger charge is -2.25. The maximum atomic E-state index is 13.0. The van der Waals surface area contributed by atoms with Gasteiger partial charge in [-0.25, -0.2) is 0 Å². The van der Waals surface area contributed by atoms with Crippen LogP contribution in [0.1, 0.15) is 17.5 Å². The number of nitrogens with zero attached hydrogens (tertiary/aromatic N) is 3. The molecule has 6 nitrogen and oxygen atoms in total. The number of carbonyl (C=O) groups excluding carboxylic acids is 2. The molecule has 9 heteroatoms. The molecule has 0 bridgehead atoms. The Hall–Kier alpha value is -2.58. The van der Waals surface area contributed by atoms with Gasteiger partial charge in [0.1, 0.15) is 11.5 Å². The number of hydrogen-bond acceptors (Lipinski definition) is 4. The van der Waals surface area contributed by atoms with Crippen LogP contribution in [0.3, 0.4) is 0 Å². The Kier molecular flexibility index (Phi) is 9.13. The second-order valence-corrected chi connectivity index (χ2v) is 10.9. The number of likely N-dealkylation sites (tertiary alicyclic amines) is 1. The smallest absolute Gasteiger partial charge is 0.312 e. The third-order valence-corrected chi connectivity index (χ3v) is 7.91. The van der Waals surface area contributed by atoms with Crippen molar-refractivity contribution in [2.24, 2.45) is 0 Å². The molecule has 0 aliphatic carbocycles. The lowest BCUT2D eigenvalue weighted by Crippen LogP contribution is -2.44. The average Bonchev–Trinajstić information content (AvgIpc) is 3.38. The molecule has 0 N–H and O–H groups in total. The van der Waals surface area contributed by atoms with Crippen LogP contribution in [-0.2, 0) is 22.7 Å². The van der Waals surface area contributed by atoms with Crippen LogP contribution in [0.5, 0.6) is 11.5 Å². The second-order valence-electron chi connectivity index (χ2n) is 9.19. The first-order valence-electron chi connectivity index (χ1n) is 11.9. The van der Waals surface area contributed by atoms with Crippen LogP contribution in [0.15, 0.2) is 71.2 Å². The number of halogens is 3. The Morgan fingerprint density at radius 2 is 1.68 bits per heavy atom. The molecule has 0 spiro atoms. The van der Waals surface area contributed by atoms with Gasteiger partial charge in [0.2, 0.25) is 0 Å². The minimum atomic E-state index is -0.519. The van der Waals surface area contributed by atoms with E-state index in [0.717, 1.165) is 23.0 Å². The number of ether oxygens (including phenoxy) is 1. The Morgan fingerprint density at radius 1 is 0.973 bits per heavy atom. The molecule has 3 aromatic rings.